The molecule has 1 amide bonds. The summed E-state index contributed by atoms with van der Waals surface area (Å²) in [5, 5.41) is 11.8. The van der Waals surface area contributed by atoms with Crippen LogP contribution < -0.4 is 14.8 Å². The van der Waals surface area contributed by atoms with Gasteiger partial charge in [0, 0.05) is 18.7 Å². The van der Waals surface area contributed by atoms with E-state index in [0.717, 1.165) is 19.3 Å². The van der Waals surface area contributed by atoms with Gasteiger partial charge in [-0.05, 0) is 31.4 Å². The number of ether oxygens (including phenoxy) is 2. The first kappa shape index (κ1) is 16.6. The third-order valence-corrected chi connectivity index (χ3v) is 3.10. The van der Waals surface area contributed by atoms with E-state index >= 15 is 0 Å². The molecular weight excluding hydrogens is 282 g/mol. The van der Waals surface area contributed by atoms with Crippen molar-refractivity contribution in [1.82, 2.24) is 5.32 Å². The summed E-state index contributed by atoms with van der Waals surface area (Å²) in [6.07, 6.45) is 2.45. The first-order chi connectivity index (χ1) is 9.63. The number of hydrogen-bond donors (Lipinski definition) is 2. The maximum absolute atomic E-state index is 12.0. The van der Waals surface area contributed by atoms with Gasteiger partial charge in [0.25, 0.3) is 5.91 Å². The van der Waals surface area contributed by atoms with Crippen LogP contribution in [0.1, 0.15) is 29.6 Å². The molecule has 0 saturated heterocycles. The van der Waals surface area contributed by atoms with Crippen molar-refractivity contribution in [2.24, 2.45) is 0 Å². The quantitative estimate of drug-likeness (QED) is 0.723. The molecule has 20 heavy (non-hydrogen) atoms. The molecule has 0 fully saturated rings. The predicted octanol–water partition coefficient (Wildman–Crippen LogP) is 2.25. The Morgan fingerprint density at radius 3 is 2.60 bits per heavy atom. The standard InChI is InChI=1S/C14H20ClNO4/c1-19-12-9-10(8-11(15)13(12)20-2)14(18)16-6-4-3-5-7-17/h8-9,17H,3-7H2,1-2H3,(H,16,18). The Morgan fingerprint density at radius 1 is 1.25 bits per heavy atom. The lowest BCUT2D eigenvalue weighted by Gasteiger charge is -2.12. The third-order valence-electron chi connectivity index (χ3n) is 2.82. The molecule has 0 radical (unpaired) electrons. The lowest BCUT2D eigenvalue weighted by Crippen LogP contribution is -2.24. The largest absolute Gasteiger partial charge is 0.493 e. The first-order valence-corrected chi connectivity index (χ1v) is 6.82. The van der Waals surface area contributed by atoms with Gasteiger partial charge in [0.15, 0.2) is 11.5 Å². The minimum atomic E-state index is -0.211. The molecule has 0 aliphatic heterocycles. The van der Waals surface area contributed by atoms with Crippen molar-refractivity contribution in [3.05, 3.63) is 22.7 Å². The van der Waals surface area contributed by atoms with Gasteiger partial charge in [-0.25, -0.2) is 0 Å². The van der Waals surface area contributed by atoms with Crippen molar-refractivity contribution >= 4 is 17.5 Å². The summed E-state index contributed by atoms with van der Waals surface area (Å²) in [7, 11) is 2.98. The normalized spacial score (nSPS) is 10.2. The zero-order valence-corrected chi connectivity index (χ0v) is 12.5. The molecule has 112 valence electrons. The van der Waals surface area contributed by atoms with Gasteiger partial charge in [-0.3, -0.25) is 4.79 Å². The van der Waals surface area contributed by atoms with Crippen LogP contribution in [0.3, 0.4) is 0 Å². The average Bonchev–Trinajstić information content (AvgIpc) is 2.45. The van der Waals surface area contributed by atoms with E-state index in [1.54, 1.807) is 12.1 Å². The second-order valence-corrected chi connectivity index (χ2v) is 4.64. The highest BCUT2D eigenvalue weighted by atomic mass is 35.5. The SMILES string of the molecule is COc1cc(C(=O)NCCCCCO)cc(Cl)c1OC. The van der Waals surface area contributed by atoms with Crippen LogP contribution >= 0.6 is 11.6 Å². The molecule has 0 atom stereocenters. The van der Waals surface area contributed by atoms with Crippen molar-refractivity contribution < 1.29 is 19.4 Å². The zero-order chi connectivity index (χ0) is 15.0. The molecular formula is C14H20ClNO4. The second kappa shape index (κ2) is 8.66. The topological polar surface area (TPSA) is 67.8 Å². The highest BCUT2D eigenvalue weighted by Gasteiger charge is 2.14. The molecule has 5 nitrogen and oxygen atoms in total. The van der Waals surface area contributed by atoms with Crippen molar-refractivity contribution in [1.29, 1.82) is 0 Å². The predicted molar refractivity (Wildman–Crippen MR) is 77.8 cm³/mol. The molecule has 0 aromatic heterocycles. The Morgan fingerprint density at radius 2 is 2.00 bits per heavy atom. The summed E-state index contributed by atoms with van der Waals surface area (Å²) in [5.74, 6) is 0.621. The number of aliphatic hydroxyl groups excluding tert-OH is 1. The number of halogens is 1. The van der Waals surface area contributed by atoms with E-state index in [9.17, 15) is 4.79 Å². The van der Waals surface area contributed by atoms with Gasteiger partial charge in [0.1, 0.15) is 0 Å². The number of methoxy groups -OCH3 is 2. The molecule has 0 bridgehead atoms. The van der Waals surface area contributed by atoms with Gasteiger partial charge in [-0.1, -0.05) is 11.6 Å². The molecule has 0 aliphatic carbocycles. The summed E-state index contributed by atoms with van der Waals surface area (Å²) in [6, 6.07) is 3.14. The Hall–Kier alpha value is -1.46. The molecule has 6 heteroatoms. The number of aliphatic hydroxyl groups is 1. The number of carbonyl (C=O) groups is 1. The maximum Gasteiger partial charge on any atom is 0.251 e. The van der Waals surface area contributed by atoms with E-state index in [0.29, 0.717) is 28.6 Å². The molecule has 1 aromatic carbocycles. The minimum absolute atomic E-state index is 0.180. The Balaban J connectivity index is 2.66. The summed E-state index contributed by atoms with van der Waals surface area (Å²) in [5.41, 5.74) is 0.426. The van der Waals surface area contributed by atoms with E-state index < -0.39 is 0 Å². The number of hydrogen-bond acceptors (Lipinski definition) is 4. The fourth-order valence-electron chi connectivity index (χ4n) is 1.77. The molecule has 0 saturated carbocycles. The average molecular weight is 302 g/mol. The van der Waals surface area contributed by atoms with Crippen molar-refractivity contribution in [2.75, 3.05) is 27.4 Å². The van der Waals surface area contributed by atoms with Crippen molar-refractivity contribution in [3.63, 3.8) is 0 Å². The lowest BCUT2D eigenvalue weighted by atomic mass is 10.1. The van der Waals surface area contributed by atoms with Crippen molar-refractivity contribution in [3.8, 4) is 11.5 Å². The number of rotatable bonds is 8. The number of benzene rings is 1. The van der Waals surface area contributed by atoms with Gasteiger partial charge in [-0.2, -0.15) is 0 Å². The molecule has 0 aliphatic rings. The van der Waals surface area contributed by atoms with E-state index in [1.165, 1.54) is 14.2 Å². The van der Waals surface area contributed by atoms with Gasteiger partial charge >= 0.3 is 0 Å². The Kier molecular flexibility index (Phi) is 7.18. The Labute approximate surface area is 123 Å². The second-order valence-electron chi connectivity index (χ2n) is 4.23. The fourth-order valence-corrected chi connectivity index (χ4v) is 2.05. The third kappa shape index (κ3) is 4.58. The monoisotopic (exact) mass is 301 g/mol. The molecule has 0 unspecified atom stereocenters. The molecule has 0 heterocycles. The van der Waals surface area contributed by atoms with E-state index in [1.807, 2.05) is 0 Å². The maximum atomic E-state index is 12.0. The molecule has 1 rings (SSSR count). The fraction of sp³-hybridized carbons (Fsp3) is 0.500. The summed E-state index contributed by atoms with van der Waals surface area (Å²) in [4.78, 5) is 12.0. The Bertz CT molecular complexity index is 451. The minimum Gasteiger partial charge on any atom is -0.493 e. The first-order valence-electron chi connectivity index (χ1n) is 6.44. The van der Waals surface area contributed by atoms with E-state index in [-0.39, 0.29) is 12.5 Å². The zero-order valence-electron chi connectivity index (χ0n) is 11.7. The van der Waals surface area contributed by atoms with Gasteiger partial charge in [0.2, 0.25) is 0 Å². The number of carbonyl (C=O) groups excluding carboxylic acids is 1. The van der Waals surface area contributed by atoms with Crippen LogP contribution in [0, 0.1) is 0 Å². The van der Waals surface area contributed by atoms with Crippen LogP contribution in [0.5, 0.6) is 11.5 Å². The smallest absolute Gasteiger partial charge is 0.251 e. The van der Waals surface area contributed by atoms with Crippen LogP contribution in [0.4, 0.5) is 0 Å². The molecule has 1 aromatic rings. The molecule has 0 spiro atoms. The number of nitrogens with one attached hydrogen (secondary N) is 1. The van der Waals surface area contributed by atoms with Gasteiger partial charge in [-0.15, -0.1) is 0 Å². The van der Waals surface area contributed by atoms with Gasteiger partial charge in [0.05, 0.1) is 19.2 Å². The van der Waals surface area contributed by atoms with Gasteiger partial charge < -0.3 is 19.9 Å². The summed E-state index contributed by atoms with van der Waals surface area (Å²) < 4.78 is 10.3. The van der Waals surface area contributed by atoms with Crippen LogP contribution in [-0.4, -0.2) is 38.4 Å². The van der Waals surface area contributed by atoms with Crippen LogP contribution in [0.15, 0.2) is 12.1 Å². The number of unbranched alkanes of at least 4 members (excludes halogenated alkanes) is 2. The lowest BCUT2D eigenvalue weighted by molar-refractivity contribution is 0.0952. The number of amides is 1. The highest BCUT2D eigenvalue weighted by molar-refractivity contribution is 6.32. The van der Waals surface area contributed by atoms with Crippen molar-refractivity contribution in [2.45, 2.75) is 19.3 Å². The van der Waals surface area contributed by atoms with Crippen LogP contribution in [0.25, 0.3) is 0 Å². The van der Waals surface area contributed by atoms with E-state index in [4.69, 9.17) is 26.2 Å². The van der Waals surface area contributed by atoms with Crippen LogP contribution in [-0.2, 0) is 0 Å². The molecule has 2 N–H and O–H groups in total. The highest BCUT2D eigenvalue weighted by Crippen LogP contribution is 2.35. The van der Waals surface area contributed by atoms with Crippen LogP contribution in [0.2, 0.25) is 5.02 Å². The summed E-state index contributed by atoms with van der Waals surface area (Å²) in [6.45, 7) is 0.740. The van der Waals surface area contributed by atoms with E-state index in [2.05, 4.69) is 5.32 Å². The summed E-state index contributed by atoms with van der Waals surface area (Å²) >= 11 is 6.05.